The predicted octanol–water partition coefficient (Wildman–Crippen LogP) is 3.58. The Labute approximate surface area is 109 Å². The molecule has 1 unspecified atom stereocenters. The van der Waals surface area contributed by atoms with Gasteiger partial charge in [0.25, 0.3) is 0 Å². The molecule has 1 atom stereocenters. The van der Waals surface area contributed by atoms with E-state index in [1.54, 1.807) is 31.2 Å². The minimum atomic E-state index is -0.393. The van der Waals surface area contributed by atoms with Crippen LogP contribution in [0, 0.1) is 0 Å². The number of benzene rings is 1. The number of rotatable bonds is 2. The Balaban J connectivity index is 2.63. The molecule has 0 fully saturated rings. The van der Waals surface area contributed by atoms with E-state index in [0.717, 1.165) is 5.39 Å². The monoisotopic (exact) mass is 267 g/mol. The van der Waals surface area contributed by atoms with E-state index in [1.165, 1.54) is 0 Å². The van der Waals surface area contributed by atoms with Crippen LogP contribution in [0.1, 0.15) is 18.5 Å². The van der Waals surface area contributed by atoms with Crippen molar-refractivity contribution in [3.8, 4) is 5.75 Å². The first-order valence-corrected chi connectivity index (χ1v) is 5.79. The van der Waals surface area contributed by atoms with Crippen molar-refractivity contribution in [1.29, 1.82) is 0 Å². The molecule has 0 aliphatic carbocycles. The van der Waals surface area contributed by atoms with Crippen LogP contribution in [-0.4, -0.2) is 20.2 Å². The highest BCUT2D eigenvalue weighted by atomic mass is 35.5. The summed E-state index contributed by atoms with van der Waals surface area (Å²) in [5.74, 6) is -0.232. The number of phenols is 1. The number of halogens is 1. The SMILES string of the molecule is CC(C(O)=S)c1nc2ccc(O)cc2cc1Cl. The third kappa shape index (κ3) is 2.33. The minimum Gasteiger partial charge on any atom is -0.508 e. The van der Waals surface area contributed by atoms with Crippen molar-refractivity contribution in [3.63, 3.8) is 0 Å². The molecular weight excluding hydrogens is 258 g/mol. The van der Waals surface area contributed by atoms with E-state index >= 15 is 0 Å². The highest BCUT2D eigenvalue weighted by Crippen LogP contribution is 2.28. The third-order valence-electron chi connectivity index (χ3n) is 2.56. The van der Waals surface area contributed by atoms with Gasteiger partial charge in [-0.2, -0.15) is 0 Å². The molecule has 0 spiro atoms. The van der Waals surface area contributed by atoms with E-state index in [2.05, 4.69) is 4.98 Å². The molecule has 0 radical (unpaired) electrons. The molecule has 0 saturated carbocycles. The number of hydrogen-bond acceptors (Lipinski definition) is 3. The minimum absolute atomic E-state index is 0.141. The lowest BCUT2D eigenvalue weighted by Gasteiger charge is -2.11. The maximum absolute atomic E-state index is 9.36. The molecule has 17 heavy (non-hydrogen) atoms. The quantitative estimate of drug-likeness (QED) is 0.817. The zero-order valence-electron chi connectivity index (χ0n) is 9.01. The van der Waals surface area contributed by atoms with Gasteiger partial charge in [-0.25, -0.2) is 0 Å². The molecule has 5 heteroatoms. The van der Waals surface area contributed by atoms with E-state index in [4.69, 9.17) is 23.8 Å². The number of hydrogen-bond donors (Lipinski definition) is 2. The van der Waals surface area contributed by atoms with Crippen LogP contribution in [-0.2, 0) is 0 Å². The van der Waals surface area contributed by atoms with Crippen molar-refractivity contribution in [2.24, 2.45) is 0 Å². The smallest absolute Gasteiger partial charge is 0.165 e. The van der Waals surface area contributed by atoms with E-state index in [0.29, 0.717) is 16.2 Å². The Morgan fingerprint density at radius 1 is 1.41 bits per heavy atom. The van der Waals surface area contributed by atoms with E-state index in [-0.39, 0.29) is 10.8 Å². The molecule has 0 aliphatic heterocycles. The van der Waals surface area contributed by atoms with Crippen LogP contribution in [0.5, 0.6) is 5.75 Å². The topological polar surface area (TPSA) is 53.4 Å². The number of phenolic OH excluding ortho intramolecular Hbond substituents is 1. The Hall–Kier alpha value is -1.39. The molecule has 0 amide bonds. The average molecular weight is 268 g/mol. The normalized spacial score (nSPS) is 12.6. The van der Waals surface area contributed by atoms with Crippen LogP contribution < -0.4 is 0 Å². The number of thiocarbonyl (C=S) groups is 1. The number of fused-ring (bicyclic) bond motifs is 1. The second-order valence-corrected chi connectivity index (χ2v) is 4.62. The number of aliphatic hydroxyl groups excluding tert-OH is 1. The Morgan fingerprint density at radius 3 is 2.76 bits per heavy atom. The van der Waals surface area contributed by atoms with Gasteiger partial charge in [-0.05, 0) is 43.4 Å². The second-order valence-electron chi connectivity index (χ2n) is 3.79. The zero-order chi connectivity index (χ0) is 12.6. The van der Waals surface area contributed by atoms with Gasteiger partial charge in [-0.3, -0.25) is 4.98 Å². The summed E-state index contributed by atoms with van der Waals surface area (Å²) in [6.45, 7) is 1.74. The lowest BCUT2D eigenvalue weighted by molar-refractivity contribution is 0.476. The third-order valence-corrected chi connectivity index (χ3v) is 3.22. The summed E-state index contributed by atoms with van der Waals surface area (Å²) < 4.78 is 0. The number of nitrogens with zero attached hydrogens (tertiary/aromatic N) is 1. The lowest BCUT2D eigenvalue weighted by atomic mass is 10.1. The maximum Gasteiger partial charge on any atom is 0.165 e. The summed E-state index contributed by atoms with van der Waals surface area (Å²) in [4.78, 5) is 4.35. The summed E-state index contributed by atoms with van der Waals surface area (Å²) in [5, 5.41) is 19.7. The number of aromatic hydroxyl groups is 1. The summed E-state index contributed by atoms with van der Waals surface area (Å²) in [6, 6.07) is 6.53. The van der Waals surface area contributed by atoms with Crippen LogP contribution >= 0.6 is 23.8 Å². The van der Waals surface area contributed by atoms with Gasteiger partial charge in [0.15, 0.2) is 5.05 Å². The van der Waals surface area contributed by atoms with Crippen molar-refractivity contribution in [2.45, 2.75) is 12.8 Å². The van der Waals surface area contributed by atoms with Crippen molar-refractivity contribution < 1.29 is 10.2 Å². The molecule has 1 aromatic carbocycles. The molecule has 0 saturated heterocycles. The fourth-order valence-electron chi connectivity index (χ4n) is 1.57. The van der Waals surface area contributed by atoms with Gasteiger partial charge in [0.1, 0.15) is 5.75 Å². The number of aliphatic hydroxyl groups is 1. The average Bonchev–Trinajstić information content (AvgIpc) is 2.27. The van der Waals surface area contributed by atoms with Crippen LogP contribution in [0.2, 0.25) is 5.02 Å². The van der Waals surface area contributed by atoms with Gasteiger partial charge in [-0.1, -0.05) is 11.6 Å². The summed E-state index contributed by atoms with van der Waals surface area (Å²) in [7, 11) is 0. The van der Waals surface area contributed by atoms with E-state index < -0.39 is 5.92 Å². The highest BCUT2D eigenvalue weighted by molar-refractivity contribution is 7.80. The Bertz CT molecular complexity index is 600. The number of aromatic nitrogens is 1. The van der Waals surface area contributed by atoms with Crippen LogP contribution in [0.15, 0.2) is 24.3 Å². The lowest BCUT2D eigenvalue weighted by Crippen LogP contribution is -2.08. The maximum atomic E-state index is 9.36. The van der Waals surface area contributed by atoms with Gasteiger partial charge in [0.05, 0.1) is 22.2 Å². The first-order chi connectivity index (χ1) is 7.99. The van der Waals surface area contributed by atoms with Gasteiger partial charge in [-0.15, -0.1) is 0 Å². The molecule has 2 aromatic rings. The Kier molecular flexibility index (Phi) is 3.17. The van der Waals surface area contributed by atoms with Crippen molar-refractivity contribution in [1.82, 2.24) is 4.98 Å². The molecule has 0 aliphatic rings. The van der Waals surface area contributed by atoms with Crippen molar-refractivity contribution in [3.05, 3.63) is 35.0 Å². The second kappa shape index (κ2) is 4.47. The molecule has 0 bridgehead atoms. The molecule has 88 valence electrons. The summed E-state index contributed by atoms with van der Waals surface area (Å²) >= 11 is 10.8. The van der Waals surface area contributed by atoms with E-state index in [9.17, 15) is 10.2 Å². The Morgan fingerprint density at radius 2 is 2.12 bits per heavy atom. The van der Waals surface area contributed by atoms with Crippen molar-refractivity contribution in [2.75, 3.05) is 0 Å². The molecule has 2 rings (SSSR count). The fourth-order valence-corrected chi connectivity index (χ4v) is 2.01. The first kappa shape index (κ1) is 12.1. The molecular formula is C12H10ClNO2S. The van der Waals surface area contributed by atoms with Gasteiger partial charge in [0.2, 0.25) is 0 Å². The summed E-state index contributed by atoms with van der Waals surface area (Å²) in [5.41, 5.74) is 1.24. The molecule has 2 N–H and O–H groups in total. The fraction of sp³-hybridized carbons (Fsp3) is 0.167. The summed E-state index contributed by atoms with van der Waals surface area (Å²) in [6.07, 6.45) is 0. The van der Waals surface area contributed by atoms with Crippen LogP contribution in [0.4, 0.5) is 0 Å². The van der Waals surface area contributed by atoms with Gasteiger partial charge in [0, 0.05) is 5.39 Å². The van der Waals surface area contributed by atoms with Crippen molar-refractivity contribution >= 4 is 39.8 Å². The van der Waals surface area contributed by atoms with E-state index in [1.807, 2.05) is 0 Å². The molecule has 1 aromatic heterocycles. The largest absolute Gasteiger partial charge is 0.508 e. The standard InChI is InChI=1S/C12H10ClNO2S/c1-6(12(16)17)11-9(13)5-7-4-8(15)2-3-10(7)14-11/h2-6,15H,1H3,(H,16,17). The van der Waals surface area contributed by atoms with Crippen LogP contribution in [0.25, 0.3) is 10.9 Å². The zero-order valence-corrected chi connectivity index (χ0v) is 10.6. The number of pyridine rings is 1. The molecule has 1 heterocycles. The van der Waals surface area contributed by atoms with Gasteiger partial charge < -0.3 is 10.2 Å². The first-order valence-electron chi connectivity index (χ1n) is 5.01. The predicted molar refractivity (Wildman–Crippen MR) is 72.1 cm³/mol. The van der Waals surface area contributed by atoms with Gasteiger partial charge >= 0.3 is 0 Å². The molecule has 3 nitrogen and oxygen atoms in total. The van der Waals surface area contributed by atoms with Crippen LogP contribution in [0.3, 0.4) is 0 Å². The highest BCUT2D eigenvalue weighted by Gasteiger charge is 2.16.